The monoisotopic (exact) mass is 488 g/mol. The van der Waals surface area contributed by atoms with Gasteiger partial charge in [-0.2, -0.15) is 0 Å². The first kappa shape index (κ1) is 24.4. The molecule has 2 aromatic rings. The van der Waals surface area contributed by atoms with Crippen molar-refractivity contribution in [2.45, 2.75) is 32.7 Å². The number of hydrogen-bond donors (Lipinski definition) is 1. The molecule has 0 spiro atoms. The molecule has 2 heterocycles. The minimum absolute atomic E-state index is 0.0515. The molecule has 1 unspecified atom stereocenters. The topological polar surface area (TPSA) is 65.1 Å². The number of anilines is 3. The molecule has 7 heteroatoms. The van der Waals surface area contributed by atoms with Crippen molar-refractivity contribution in [3.63, 3.8) is 0 Å². The number of ether oxygens (including phenoxy) is 1. The number of para-hydroxylation sites is 2. The molecular weight excluding hydrogens is 452 g/mol. The highest BCUT2D eigenvalue weighted by Gasteiger charge is 2.42. The minimum Gasteiger partial charge on any atom is -0.378 e. The van der Waals surface area contributed by atoms with Crippen LogP contribution in [0.1, 0.15) is 38.3 Å². The molecule has 1 amide bonds. The highest BCUT2D eigenvalue weighted by atomic mass is 16.5. The molecule has 5 rings (SSSR count). The van der Waals surface area contributed by atoms with E-state index in [1.807, 2.05) is 43.3 Å². The Balaban J connectivity index is 1.65. The Morgan fingerprint density at radius 1 is 1.06 bits per heavy atom. The Bertz CT molecular complexity index is 1180. The van der Waals surface area contributed by atoms with Crippen LogP contribution in [-0.4, -0.2) is 63.5 Å². The maximum atomic E-state index is 13.8. The molecule has 1 atom stereocenters. The number of Topliss-reactive ketones (excluding diaryl/α,β-unsaturated/α-hetero) is 1. The van der Waals surface area contributed by atoms with Gasteiger partial charge in [0.15, 0.2) is 5.78 Å². The number of allylic oxidation sites excluding steroid dienone is 1. The first-order valence-corrected chi connectivity index (χ1v) is 12.8. The van der Waals surface area contributed by atoms with Gasteiger partial charge in [0.1, 0.15) is 0 Å². The van der Waals surface area contributed by atoms with E-state index < -0.39 is 0 Å². The van der Waals surface area contributed by atoms with Gasteiger partial charge in [0.05, 0.1) is 37.2 Å². The SMILES string of the molecule is CN(C)c1ccc(C2C3=C(CC(C)(C)CC3=O)Nc3ccccc3N2CC(=O)N2CCOCC2)cc1. The third-order valence-electron chi connectivity index (χ3n) is 7.40. The lowest BCUT2D eigenvalue weighted by Crippen LogP contribution is -2.47. The van der Waals surface area contributed by atoms with Gasteiger partial charge in [0, 0.05) is 50.6 Å². The summed E-state index contributed by atoms with van der Waals surface area (Å²) in [5.74, 6) is 0.197. The van der Waals surface area contributed by atoms with Gasteiger partial charge < -0.3 is 24.8 Å². The van der Waals surface area contributed by atoms with E-state index in [1.165, 1.54) is 0 Å². The molecule has 1 saturated heterocycles. The Morgan fingerprint density at radius 3 is 2.44 bits per heavy atom. The molecular formula is C29H36N4O3. The van der Waals surface area contributed by atoms with Crippen LogP contribution >= 0.6 is 0 Å². The molecule has 1 aliphatic carbocycles. The van der Waals surface area contributed by atoms with E-state index in [4.69, 9.17) is 4.74 Å². The molecule has 0 radical (unpaired) electrons. The summed E-state index contributed by atoms with van der Waals surface area (Å²) in [6, 6.07) is 16.1. The number of rotatable bonds is 4. The van der Waals surface area contributed by atoms with E-state index >= 15 is 0 Å². The second kappa shape index (κ2) is 9.62. The van der Waals surface area contributed by atoms with E-state index in [0.29, 0.717) is 32.7 Å². The van der Waals surface area contributed by atoms with Gasteiger partial charge in [-0.05, 0) is 41.7 Å². The number of fused-ring (bicyclic) bond motifs is 1. The molecule has 0 saturated carbocycles. The smallest absolute Gasteiger partial charge is 0.242 e. The summed E-state index contributed by atoms with van der Waals surface area (Å²) in [5.41, 5.74) is 5.57. The number of nitrogens with zero attached hydrogens (tertiary/aromatic N) is 3. The maximum absolute atomic E-state index is 13.8. The average molecular weight is 489 g/mol. The molecule has 0 aromatic heterocycles. The van der Waals surface area contributed by atoms with Gasteiger partial charge in [-0.15, -0.1) is 0 Å². The summed E-state index contributed by atoms with van der Waals surface area (Å²) < 4.78 is 5.47. The number of nitrogens with one attached hydrogen (secondary N) is 1. The lowest BCUT2D eigenvalue weighted by molar-refractivity contribution is -0.133. The first-order chi connectivity index (χ1) is 17.2. The van der Waals surface area contributed by atoms with Gasteiger partial charge in [-0.1, -0.05) is 38.1 Å². The van der Waals surface area contributed by atoms with Crippen LogP contribution in [0.5, 0.6) is 0 Å². The van der Waals surface area contributed by atoms with Crippen molar-refractivity contribution in [3.8, 4) is 0 Å². The maximum Gasteiger partial charge on any atom is 0.242 e. The van der Waals surface area contributed by atoms with E-state index in [0.717, 1.165) is 40.3 Å². The number of carbonyl (C=O) groups is 2. The van der Waals surface area contributed by atoms with E-state index in [2.05, 4.69) is 53.2 Å². The highest BCUT2D eigenvalue weighted by Crippen LogP contribution is 2.48. The van der Waals surface area contributed by atoms with Crippen molar-refractivity contribution in [2.24, 2.45) is 5.41 Å². The van der Waals surface area contributed by atoms with Crippen LogP contribution in [0.4, 0.5) is 17.1 Å². The fraction of sp³-hybridized carbons (Fsp3) is 0.448. The number of benzene rings is 2. The Labute approximate surface area is 213 Å². The fourth-order valence-corrected chi connectivity index (χ4v) is 5.59. The molecule has 7 nitrogen and oxygen atoms in total. The largest absolute Gasteiger partial charge is 0.378 e. The predicted octanol–water partition coefficient (Wildman–Crippen LogP) is 4.23. The van der Waals surface area contributed by atoms with Crippen LogP contribution in [0.2, 0.25) is 0 Å². The van der Waals surface area contributed by atoms with Crippen LogP contribution in [-0.2, 0) is 14.3 Å². The normalized spacial score (nSPS) is 21.3. The van der Waals surface area contributed by atoms with Crippen LogP contribution in [0, 0.1) is 5.41 Å². The van der Waals surface area contributed by atoms with Gasteiger partial charge in [0.25, 0.3) is 0 Å². The van der Waals surface area contributed by atoms with Crippen molar-refractivity contribution in [2.75, 3.05) is 62.1 Å². The quantitative estimate of drug-likeness (QED) is 0.695. The number of amides is 1. The van der Waals surface area contributed by atoms with E-state index in [1.54, 1.807) is 0 Å². The second-order valence-electron chi connectivity index (χ2n) is 11.0. The van der Waals surface area contributed by atoms with Crippen LogP contribution < -0.4 is 15.1 Å². The Hall–Kier alpha value is -3.32. The van der Waals surface area contributed by atoms with Gasteiger partial charge >= 0.3 is 0 Å². The predicted molar refractivity (Wildman–Crippen MR) is 143 cm³/mol. The average Bonchev–Trinajstić information content (AvgIpc) is 2.98. The zero-order valence-electron chi connectivity index (χ0n) is 21.7. The van der Waals surface area contributed by atoms with Crippen molar-refractivity contribution in [1.82, 2.24) is 4.90 Å². The second-order valence-corrected chi connectivity index (χ2v) is 11.0. The van der Waals surface area contributed by atoms with E-state index in [9.17, 15) is 9.59 Å². The molecule has 190 valence electrons. The molecule has 0 bridgehead atoms. The molecule has 1 N–H and O–H groups in total. The molecule has 2 aliphatic heterocycles. The zero-order chi connectivity index (χ0) is 25.4. The van der Waals surface area contributed by atoms with Gasteiger partial charge in [-0.3, -0.25) is 9.59 Å². The summed E-state index contributed by atoms with van der Waals surface area (Å²) in [4.78, 5) is 33.4. The van der Waals surface area contributed by atoms with Crippen LogP contribution in [0.15, 0.2) is 59.8 Å². The minimum atomic E-state index is -0.360. The lowest BCUT2D eigenvalue weighted by Gasteiger charge is -2.39. The highest BCUT2D eigenvalue weighted by molar-refractivity contribution is 6.02. The van der Waals surface area contributed by atoms with Crippen molar-refractivity contribution in [3.05, 3.63) is 65.4 Å². The molecule has 1 fully saturated rings. The summed E-state index contributed by atoms with van der Waals surface area (Å²) in [7, 11) is 4.03. The third kappa shape index (κ3) is 4.72. The lowest BCUT2D eigenvalue weighted by atomic mass is 9.73. The summed E-state index contributed by atoms with van der Waals surface area (Å²) in [5, 5.41) is 3.62. The van der Waals surface area contributed by atoms with Crippen LogP contribution in [0.25, 0.3) is 0 Å². The summed E-state index contributed by atoms with van der Waals surface area (Å²) in [6.07, 6.45) is 1.27. The van der Waals surface area contributed by atoms with Gasteiger partial charge in [-0.25, -0.2) is 0 Å². The van der Waals surface area contributed by atoms with Crippen molar-refractivity contribution >= 4 is 28.8 Å². The number of ketones is 1. The fourth-order valence-electron chi connectivity index (χ4n) is 5.59. The first-order valence-electron chi connectivity index (χ1n) is 12.8. The zero-order valence-corrected chi connectivity index (χ0v) is 21.7. The standard InChI is InChI=1S/C29H36N4O3/c1-29(2)17-23-27(25(34)18-29)28(20-9-11-21(12-10-20)31(3)4)33(24-8-6-5-7-22(24)30-23)19-26(35)32-13-15-36-16-14-32/h5-12,28,30H,13-19H2,1-4H3. The molecule has 3 aliphatic rings. The Morgan fingerprint density at radius 2 is 1.75 bits per heavy atom. The molecule has 36 heavy (non-hydrogen) atoms. The summed E-state index contributed by atoms with van der Waals surface area (Å²) in [6.45, 7) is 6.78. The molecule has 2 aromatic carbocycles. The van der Waals surface area contributed by atoms with E-state index in [-0.39, 0.29) is 29.7 Å². The van der Waals surface area contributed by atoms with Crippen LogP contribution in [0.3, 0.4) is 0 Å². The van der Waals surface area contributed by atoms with Crippen molar-refractivity contribution < 1.29 is 14.3 Å². The third-order valence-corrected chi connectivity index (χ3v) is 7.40. The van der Waals surface area contributed by atoms with Gasteiger partial charge in [0.2, 0.25) is 5.91 Å². The number of carbonyl (C=O) groups excluding carboxylic acids is 2. The summed E-state index contributed by atoms with van der Waals surface area (Å²) >= 11 is 0. The number of hydrogen-bond acceptors (Lipinski definition) is 6. The Kier molecular flexibility index (Phi) is 6.51. The number of morpholine rings is 1. The van der Waals surface area contributed by atoms with Crippen molar-refractivity contribution in [1.29, 1.82) is 0 Å².